The Hall–Kier alpha value is -1.36. The number of anilines is 2. The third-order valence-electron chi connectivity index (χ3n) is 3.31. The van der Waals surface area contributed by atoms with Gasteiger partial charge >= 0.3 is 0 Å². The van der Waals surface area contributed by atoms with E-state index in [0.717, 1.165) is 50.7 Å². The minimum Gasteiger partial charge on any atom is -0.381 e. The van der Waals surface area contributed by atoms with Crippen LogP contribution in [0.4, 0.5) is 11.6 Å². The van der Waals surface area contributed by atoms with E-state index in [1.54, 1.807) is 6.33 Å². The zero-order valence-electron chi connectivity index (χ0n) is 11.2. The van der Waals surface area contributed by atoms with Gasteiger partial charge in [0.25, 0.3) is 0 Å². The van der Waals surface area contributed by atoms with E-state index in [1.165, 1.54) is 0 Å². The molecule has 2 heterocycles. The van der Waals surface area contributed by atoms with Gasteiger partial charge in [-0.3, -0.25) is 0 Å². The summed E-state index contributed by atoms with van der Waals surface area (Å²) >= 11 is 0. The van der Waals surface area contributed by atoms with Gasteiger partial charge in [0.15, 0.2) is 0 Å². The summed E-state index contributed by atoms with van der Waals surface area (Å²) in [6.45, 7) is 4.78. The third-order valence-corrected chi connectivity index (χ3v) is 3.31. The van der Waals surface area contributed by atoms with E-state index in [0.29, 0.717) is 6.04 Å². The van der Waals surface area contributed by atoms with Crippen LogP contribution in [0.25, 0.3) is 0 Å². The molecule has 0 atom stereocenters. The zero-order valence-corrected chi connectivity index (χ0v) is 11.2. The van der Waals surface area contributed by atoms with Crippen LogP contribution in [0.2, 0.25) is 0 Å². The van der Waals surface area contributed by atoms with Gasteiger partial charge in [0.1, 0.15) is 18.0 Å². The van der Waals surface area contributed by atoms with Gasteiger partial charge < -0.3 is 15.0 Å². The summed E-state index contributed by atoms with van der Waals surface area (Å²) in [6, 6.07) is 2.54. The molecule has 1 aliphatic rings. The number of hydrogen-bond donors (Lipinski definition) is 1. The van der Waals surface area contributed by atoms with Crippen molar-refractivity contribution < 1.29 is 4.74 Å². The molecule has 1 N–H and O–H groups in total. The van der Waals surface area contributed by atoms with Crippen molar-refractivity contribution in [2.24, 2.45) is 0 Å². The van der Waals surface area contributed by atoms with Crippen LogP contribution >= 0.6 is 0 Å². The van der Waals surface area contributed by atoms with E-state index >= 15 is 0 Å². The van der Waals surface area contributed by atoms with E-state index in [2.05, 4.69) is 34.2 Å². The van der Waals surface area contributed by atoms with Crippen molar-refractivity contribution in [3.8, 4) is 0 Å². The average molecular weight is 250 g/mol. The number of hydrogen-bond acceptors (Lipinski definition) is 5. The highest BCUT2D eigenvalue weighted by Gasteiger charge is 2.19. The Balaban J connectivity index is 2.02. The van der Waals surface area contributed by atoms with Crippen LogP contribution in [0.15, 0.2) is 12.4 Å². The molecule has 1 aliphatic heterocycles. The SMILES string of the molecule is CCCNc1cc(N(C)C2CCOCC2)ncn1. The molecule has 0 aromatic carbocycles. The maximum atomic E-state index is 5.39. The summed E-state index contributed by atoms with van der Waals surface area (Å²) in [5.41, 5.74) is 0. The molecule has 1 saturated heterocycles. The van der Waals surface area contributed by atoms with Crippen LogP contribution in [0, 0.1) is 0 Å². The normalized spacial score (nSPS) is 16.6. The van der Waals surface area contributed by atoms with Crippen molar-refractivity contribution in [1.82, 2.24) is 9.97 Å². The first-order valence-electron chi connectivity index (χ1n) is 6.67. The lowest BCUT2D eigenvalue weighted by atomic mass is 10.1. The third kappa shape index (κ3) is 3.32. The first-order chi connectivity index (χ1) is 8.81. The van der Waals surface area contributed by atoms with Gasteiger partial charge in [0, 0.05) is 38.9 Å². The topological polar surface area (TPSA) is 50.3 Å². The quantitative estimate of drug-likeness (QED) is 0.865. The van der Waals surface area contributed by atoms with Crippen molar-refractivity contribution in [3.63, 3.8) is 0 Å². The van der Waals surface area contributed by atoms with Crippen LogP contribution in [0.1, 0.15) is 26.2 Å². The van der Waals surface area contributed by atoms with Crippen LogP contribution in [0.3, 0.4) is 0 Å². The molecule has 0 aliphatic carbocycles. The van der Waals surface area contributed by atoms with Gasteiger partial charge in [-0.05, 0) is 19.3 Å². The maximum Gasteiger partial charge on any atom is 0.134 e. The fourth-order valence-corrected chi connectivity index (χ4v) is 2.15. The minimum atomic E-state index is 0.521. The predicted octanol–water partition coefficient (Wildman–Crippen LogP) is 1.91. The number of aromatic nitrogens is 2. The average Bonchev–Trinajstić information content (AvgIpc) is 2.45. The molecule has 1 aromatic heterocycles. The van der Waals surface area contributed by atoms with Crippen molar-refractivity contribution in [1.29, 1.82) is 0 Å². The van der Waals surface area contributed by atoms with Gasteiger partial charge in [-0.15, -0.1) is 0 Å². The Labute approximate surface area is 109 Å². The molecule has 1 fully saturated rings. The monoisotopic (exact) mass is 250 g/mol. The molecule has 0 saturated carbocycles. The smallest absolute Gasteiger partial charge is 0.134 e. The Kier molecular flexibility index (Phi) is 4.75. The summed E-state index contributed by atoms with van der Waals surface area (Å²) in [7, 11) is 2.10. The van der Waals surface area contributed by atoms with Crippen molar-refractivity contribution in [2.75, 3.05) is 37.0 Å². The first kappa shape index (κ1) is 13.1. The van der Waals surface area contributed by atoms with E-state index in [1.807, 2.05) is 6.07 Å². The Morgan fingerprint density at radius 3 is 2.89 bits per heavy atom. The number of rotatable bonds is 5. The second kappa shape index (κ2) is 6.54. The molecule has 2 rings (SSSR count). The number of nitrogens with one attached hydrogen (secondary N) is 1. The van der Waals surface area contributed by atoms with Gasteiger partial charge in [0.05, 0.1) is 0 Å². The molecule has 5 heteroatoms. The molecule has 0 bridgehead atoms. The van der Waals surface area contributed by atoms with E-state index in [9.17, 15) is 0 Å². The second-order valence-electron chi connectivity index (χ2n) is 4.64. The fourth-order valence-electron chi connectivity index (χ4n) is 2.15. The minimum absolute atomic E-state index is 0.521. The van der Waals surface area contributed by atoms with Gasteiger partial charge in [-0.25, -0.2) is 9.97 Å². The van der Waals surface area contributed by atoms with E-state index < -0.39 is 0 Å². The largest absolute Gasteiger partial charge is 0.381 e. The molecule has 5 nitrogen and oxygen atoms in total. The lowest BCUT2D eigenvalue weighted by Gasteiger charge is -2.32. The lowest BCUT2D eigenvalue weighted by Crippen LogP contribution is -2.37. The Bertz CT molecular complexity index is 366. The van der Waals surface area contributed by atoms with E-state index in [-0.39, 0.29) is 0 Å². The molecular formula is C13H22N4O. The molecular weight excluding hydrogens is 228 g/mol. The molecule has 0 spiro atoms. The van der Waals surface area contributed by atoms with Crippen LogP contribution in [-0.2, 0) is 4.74 Å². The highest BCUT2D eigenvalue weighted by atomic mass is 16.5. The summed E-state index contributed by atoms with van der Waals surface area (Å²) in [5, 5.41) is 3.29. The highest BCUT2D eigenvalue weighted by molar-refractivity contribution is 5.48. The Morgan fingerprint density at radius 1 is 1.39 bits per heavy atom. The molecule has 18 heavy (non-hydrogen) atoms. The fraction of sp³-hybridized carbons (Fsp3) is 0.692. The lowest BCUT2D eigenvalue weighted by molar-refractivity contribution is 0.0853. The zero-order chi connectivity index (χ0) is 12.8. The molecule has 1 aromatic rings. The van der Waals surface area contributed by atoms with Gasteiger partial charge in [0.2, 0.25) is 0 Å². The van der Waals surface area contributed by atoms with Crippen molar-refractivity contribution >= 4 is 11.6 Å². The molecule has 100 valence electrons. The summed E-state index contributed by atoms with van der Waals surface area (Å²) < 4.78 is 5.39. The summed E-state index contributed by atoms with van der Waals surface area (Å²) in [5.74, 6) is 1.89. The van der Waals surface area contributed by atoms with Crippen LogP contribution < -0.4 is 10.2 Å². The standard InChI is InChI=1S/C13H22N4O/c1-3-6-14-12-9-13(16-10-15-12)17(2)11-4-7-18-8-5-11/h9-11H,3-8H2,1-2H3,(H,14,15,16). The highest BCUT2D eigenvalue weighted by Crippen LogP contribution is 2.20. The number of ether oxygens (including phenoxy) is 1. The van der Waals surface area contributed by atoms with Crippen LogP contribution in [-0.4, -0.2) is 42.8 Å². The maximum absolute atomic E-state index is 5.39. The first-order valence-corrected chi connectivity index (χ1v) is 6.67. The van der Waals surface area contributed by atoms with Gasteiger partial charge in [-0.2, -0.15) is 0 Å². The van der Waals surface area contributed by atoms with E-state index in [4.69, 9.17) is 4.74 Å². The van der Waals surface area contributed by atoms with Gasteiger partial charge in [-0.1, -0.05) is 6.92 Å². The summed E-state index contributed by atoms with van der Waals surface area (Å²) in [6.07, 6.45) is 4.86. The molecule has 0 amide bonds. The van der Waals surface area contributed by atoms with Crippen LogP contribution in [0.5, 0.6) is 0 Å². The predicted molar refractivity (Wildman–Crippen MR) is 73.1 cm³/mol. The summed E-state index contributed by atoms with van der Waals surface area (Å²) in [4.78, 5) is 10.8. The van der Waals surface area contributed by atoms with Crippen molar-refractivity contribution in [3.05, 3.63) is 12.4 Å². The van der Waals surface area contributed by atoms with Crippen molar-refractivity contribution in [2.45, 2.75) is 32.2 Å². The molecule has 0 unspecified atom stereocenters. The second-order valence-corrected chi connectivity index (χ2v) is 4.64. The number of nitrogens with zero attached hydrogens (tertiary/aromatic N) is 3. The molecule has 0 radical (unpaired) electrons. The Morgan fingerprint density at radius 2 is 2.17 bits per heavy atom.